The number of carbonyl (C=O) groups excluding carboxylic acids is 1. The van der Waals surface area contributed by atoms with Gasteiger partial charge in [-0.15, -0.1) is 0 Å². The summed E-state index contributed by atoms with van der Waals surface area (Å²) < 4.78 is 10.8. The van der Waals surface area contributed by atoms with Crippen molar-refractivity contribution in [1.29, 1.82) is 0 Å². The normalized spacial score (nSPS) is 18.3. The van der Waals surface area contributed by atoms with E-state index in [1.54, 1.807) is 0 Å². The molecule has 0 bridgehead atoms. The van der Waals surface area contributed by atoms with E-state index in [4.69, 9.17) is 9.47 Å². The predicted octanol–water partition coefficient (Wildman–Crippen LogP) is 1.85. The van der Waals surface area contributed by atoms with Gasteiger partial charge < -0.3 is 20.1 Å². The monoisotopic (exact) mass is 250 g/mol. The van der Waals surface area contributed by atoms with E-state index < -0.39 is 6.10 Å². The molecule has 1 aromatic carbocycles. The minimum Gasteiger partial charge on any atom is -0.491 e. The summed E-state index contributed by atoms with van der Waals surface area (Å²) in [4.78, 5) is 11.9. The number of hydrogen-bond donors (Lipinski definition) is 2. The zero-order valence-corrected chi connectivity index (χ0v) is 10.7. The molecule has 1 atom stereocenters. The number of amides is 1. The van der Waals surface area contributed by atoms with Crippen LogP contribution >= 0.6 is 0 Å². The number of anilines is 2. The quantitative estimate of drug-likeness (QED) is 0.856. The van der Waals surface area contributed by atoms with Crippen LogP contribution in [0.2, 0.25) is 0 Å². The van der Waals surface area contributed by atoms with Gasteiger partial charge in [-0.05, 0) is 18.6 Å². The molecule has 0 saturated heterocycles. The van der Waals surface area contributed by atoms with Gasteiger partial charge in [0.05, 0.1) is 18.8 Å². The van der Waals surface area contributed by atoms with E-state index in [0.29, 0.717) is 24.6 Å². The van der Waals surface area contributed by atoms with Gasteiger partial charge >= 0.3 is 0 Å². The van der Waals surface area contributed by atoms with Crippen molar-refractivity contribution in [3.8, 4) is 5.75 Å². The van der Waals surface area contributed by atoms with Crippen molar-refractivity contribution in [2.75, 3.05) is 30.9 Å². The molecule has 0 spiro atoms. The molecule has 18 heavy (non-hydrogen) atoms. The summed E-state index contributed by atoms with van der Waals surface area (Å²) in [5.74, 6) is 0.531. The molecule has 1 unspecified atom stereocenters. The lowest BCUT2D eigenvalue weighted by molar-refractivity contribution is -0.124. The zero-order valence-electron chi connectivity index (χ0n) is 10.7. The fourth-order valence-electron chi connectivity index (χ4n) is 1.83. The average molecular weight is 250 g/mol. The second kappa shape index (κ2) is 5.73. The first-order valence-corrected chi connectivity index (χ1v) is 6.09. The summed E-state index contributed by atoms with van der Waals surface area (Å²) in [6, 6.07) is 5.66. The van der Waals surface area contributed by atoms with Gasteiger partial charge in [0.15, 0.2) is 6.10 Å². The molecule has 0 radical (unpaired) electrons. The van der Waals surface area contributed by atoms with Crippen LogP contribution < -0.4 is 15.4 Å². The highest BCUT2D eigenvalue weighted by Crippen LogP contribution is 2.34. The van der Waals surface area contributed by atoms with Gasteiger partial charge in [0.1, 0.15) is 11.4 Å². The highest BCUT2D eigenvalue weighted by atomic mass is 16.5. The Morgan fingerprint density at radius 3 is 3.00 bits per heavy atom. The second-order valence-corrected chi connectivity index (χ2v) is 4.12. The topological polar surface area (TPSA) is 59.6 Å². The molecule has 1 aliphatic heterocycles. The molecule has 0 saturated carbocycles. The van der Waals surface area contributed by atoms with Crippen molar-refractivity contribution >= 4 is 17.3 Å². The second-order valence-electron chi connectivity index (χ2n) is 4.12. The van der Waals surface area contributed by atoms with Crippen LogP contribution in [0.4, 0.5) is 11.4 Å². The molecule has 2 rings (SSSR count). The first-order valence-electron chi connectivity index (χ1n) is 6.09. The first-order chi connectivity index (χ1) is 8.76. The van der Waals surface area contributed by atoms with Crippen molar-refractivity contribution in [1.82, 2.24) is 0 Å². The molecule has 1 aliphatic rings. The summed E-state index contributed by atoms with van der Waals surface area (Å²) in [6.07, 6.45) is 0.433. The molecular weight excluding hydrogens is 232 g/mol. The third kappa shape index (κ3) is 2.56. The Morgan fingerprint density at radius 2 is 2.28 bits per heavy atom. The summed E-state index contributed by atoms with van der Waals surface area (Å²) in [5, 5.41) is 6.03. The van der Waals surface area contributed by atoms with E-state index in [9.17, 15) is 4.79 Å². The molecule has 0 aromatic heterocycles. The van der Waals surface area contributed by atoms with Gasteiger partial charge in [-0.2, -0.15) is 0 Å². The van der Waals surface area contributed by atoms with Crippen LogP contribution in [0.1, 0.15) is 13.3 Å². The number of rotatable bonds is 4. The number of carbonyl (C=O) groups is 1. The van der Waals surface area contributed by atoms with Crippen LogP contribution in [0.5, 0.6) is 5.75 Å². The van der Waals surface area contributed by atoms with Crippen LogP contribution in [-0.4, -0.2) is 32.3 Å². The minimum atomic E-state index is -0.489. The van der Waals surface area contributed by atoms with Crippen LogP contribution in [0.15, 0.2) is 18.2 Å². The number of ether oxygens (including phenoxy) is 2. The summed E-state index contributed by atoms with van der Waals surface area (Å²) in [7, 11) is 1.52. The van der Waals surface area contributed by atoms with Gasteiger partial charge in [-0.3, -0.25) is 4.79 Å². The van der Waals surface area contributed by atoms with Crippen LogP contribution in [0.3, 0.4) is 0 Å². The van der Waals surface area contributed by atoms with Crippen LogP contribution in [-0.2, 0) is 9.53 Å². The summed E-state index contributed by atoms with van der Waals surface area (Å²) >= 11 is 0. The Balaban J connectivity index is 2.27. The summed E-state index contributed by atoms with van der Waals surface area (Å²) in [5.41, 5.74) is 1.55. The average Bonchev–Trinajstić information content (AvgIpc) is 2.55. The predicted molar refractivity (Wildman–Crippen MR) is 70.1 cm³/mol. The third-order valence-electron chi connectivity index (χ3n) is 2.79. The number of nitrogens with one attached hydrogen (secondary N) is 2. The minimum absolute atomic E-state index is 0.156. The van der Waals surface area contributed by atoms with E-state index in [0.717, 1.165) is 12.1 Å². The van der Waals surface area contributed by atoms with E-state index >= 15 is 0 Å². The van der Waals surface area contributed by atoms with E-state index in [1.807, 2.05) is 25.1 Å². The Kier molecular flexibility index (Phi) is 4.04. The first kappa shape index (κ1) is 12.7. The van der Waals surface area contributed by atoms with E-state index in [2.05, 4.69) is 10.6 Å². The van der Waals surface area contributed by atoms with Crippen LogP contribution in [0, 0.1) is 0 Å². The smallest absolute Gasteiger partial charge is 0.255 e. The van der Waals surface area contributed by atoms with Crippen molar-refractivity contribution in [3.63, 3.8) is 0 Å². The molecule has 1 aromatic rings. The zero-order chi connectivity index (χ0) is 13.0. The van der Waals surface area contributed by atoms with Crippen molar-refractivity contribution in [2.24, 2.45) is 0 Å². The fourth-order valence-corrected chi connectivity index (χ4v) is 1.83. The van der Waals surface area contributed by atoms with Crippen LogP contribution in [0.25, 0.3) is 0 Å². The van der Waals surface area contributed by atoms with Gasteiger partial charge in [-0.1, -0.05) is 13.0 Å². The standard InChI is InChI=1S/C13H18N2O3/c1-3-7-18-10-6-4-5-9-12(10)15-13(16)11(17-2)8-14-9/h4-6,11,14H,3,7-8H2,1-2H3,(H,15,16). The molecule has 5 heteroatoms. The van der Waals surface area contributed by atoms with Gasteiger partial charge in [0.2, 0.25) is 0 Å². The lowest BCUT2D eigenvalue weighted by Crippen LogP contribution is -2.32. The SMILES string of the molecule is CCCOc1cccc2c1NC(=O)C(OC)CN2. The molecule has 5 nitrogen and oxygen atoms in total. The van der Waals surface area contributed by atoms with Crippen molar-refractivity contribution < 1.29 is 14.3 Å². The Bertz CT molecular complexity index is 434. The van der Waals surface area contributed by atoms with Gasteiger partial charge in [-0.25, -0.2) is 0 Å². The van der Waals surface area contributed by atoms with Crippen molar-refractivity contribution in [3.05, 3.63) is 18.2 Å². The summed E-state index contributed by atoms with van der Waals surface area (Å²) in [6.45, 7) is 3.12. The molecule has 0 aliphatic carbocycles. The maximum absolute atomic E-state index is 11.9. The molecule has 1 amide bonds. The van der Waals surface area contributed by atoms with E-state index in [-0.39, 0.29) is 5.91 Å². The van der Waals surface area contributed by atoms with Crippen molar-refractivity contribution in [2.45, 2.75) is 19.4 Å². The third-order valence-corrected chi connectivity index (χ3v) is 2.79. The highest BCUT2D eigenvalue weighted by molar-refractivity contribution is 6.00. The fraction of sp³-hybridized carbons (Fsp3) is 0.462. The Labute approximate surface area is 106 Å². The Hall–Kier alpha value is -1.75. The molecule has 98 valence electrons. The number of methoxy groups -OCH3 is 1. The molecular formula is C13H18N2O3. The lowest BCUT2D eigenvalue weighted by atomic mass is 10.2. The number of benzene rings is 1. The van der Waals surface area contributed by atoms with Gasteiger partial charge in [0, 0.05) is 7.11 Å². The molecule has 1 heterocycles. The number of fused-ring (bicyclic) bond motifs is 1. The highest BCUT2D eigenvalue weighted by Gasteiger charge is 2.24. The maximum Gasteiger partial charge on any atom is 0.255 e. The van der Waals surface area contributed by atoms with E-state index in [1.165, 1.54) is 7.11 Å². The van der Waals surface area contributed by atoms with Gasteiger partial charge in [0.25, 0.3) is 5.91 Å². The largest absolute Gasteiger partial charge is 0.491 e. The maximum atomic E-state index is 11.9. The molecule has 0 fully saturated rings. The number of hydrogen-bond acceptors (Lipinski definition) is 4. The lowest BCUT2D eigenvalue weighted by Gasteiger charge is -2.13. The number of para-hydroxylation sites is 1. The molecule has 2 N–H and O–H groups in total. The Morgan fingerprint density at radius 1 is 1.44 bits per heavy atom.